The van der Waals surface area contributed by atoms with Crippen LogP contribution >= 0.6 is 11.3 Å². The average Bonchev–Trinajstić information content (AvgIpc) is 2.89. The third-order valence-corrected chi connectivity index (χ3v) is 4.09. The van der Waals surface area contributed by atoms with Crippen molar-refractivity contribution in [3.63, 3.8) is 0 Å². The van der Waals surface area contributed by atoms with Gasteiger partial charge in [-0.05, 0) is 32.1 Å². The van der Waals surface area contributed by atoms with Crippen molar-refractivity contribution in [2.75, 3.05) is 33.7 Å². The zero-order valence-corrected chi connectivity index (χ0v) is 13.1. The number of carbonyl (C=O) groups excluding carboxylic acids is 1. The number of hydrogen-bond donors (Lipinski definition) is 2. The van der Waals surface area contributed by atoms with Crippen molar-refractivity contribution in [3.8, 4) is 0 Å². The molecular formula is C14H25N3OS. The smallest absolute Gasteiger partial charge is 0.224 e. The topological polar surface area (TPSA) is 44.4 Å². The zero-order valence-electron chi connectivity index (χ0n) is 12.3. The summed E-state index contributed by atoms with van der Waals surface area (Å²) in [6, 6.07) is 4.41. The van der Waals surface area contributed by atoms with Crippen LogP contribution in [0.1, 0.15) is 24.8 Å². The minimum Gasteiger partial charge on any atom is -0.354 e. The SMILES string of the molecule is CCNCC(C)C(=O)NCC(c1cccs1)N(C)C. The summed E-state index contributed by atoms with van der Waals surface area (Å²) in [5.41, 5.74) is 0. The van der Waals surface area contributed by atoms with E-state index in [2.05, 4.69) is 27.0 Å². The molecule has 0 spiro atoms. The Morgan fingerprint density at radius 2 is 2.16 bits per heavy atom. The number of amides is 1. The normalized spacial score (nSPS) is 14.4. The second-order valence-corrected chi connectivity index (χ2v) is 5.93. The molecule has 0 fully saturated rings. The van der Waals surface area contributed by atoms with Gasteiger partial charge in [-0.1, -0.05) is 19.9 Å². The van der Waals surface area contributed by atoms with Crippen LogP contribution in [0.4, 0.5) is 0 Å². The Bertz CT molecular complexity index is 365. The first-order chi connectivity index (χ1) is 9.06. The van der Waals surface area contributed by atoms with Crippen LogP contribution in [0.25, 0.3) is 0 Å². The van der Waals surface area contributed by atoms with E-state index in [0.29, 0.717) is 6.54 Å². The highest BCUT2D eigenvalue weighted by atomic mass is 32.1. The van der Waals surface area contributed by atoms with E-state index in [-0.39, 0.29) is 17.9 Å². The Balaban J connectivity index is 2.46. The predicted octanol–water partition coefficient (Wildman–Crippen LogP) is 1.71. The van der Waals surface area contributed by atoms with Crippen LogP contribution in [0.5, 0.6) is 0 Å². The van der Waals surface area contributed by atoms with Crippen molar-refractivity contribution in [1.82, 2.24) is 15.5 Å². The molecule has 1 amide bonds. The summed E-state index contributed by atoms with van der Waals surface area (Å²) in [4.78, 5) is 15.4. The third kappa shape index (κ3) is 5.30. The summed E-state index contributed by atoms with van der Waals surface area (Å²) in [5, 5.41) is 8.32. The lowest BCUT2D eigenvalue weighted by molar-refractivity contribution is -0.124. The molecule has 0 saturated carbocycles. The number of rotatable bonds is 8. The van der Waals surface area contributed by atoms with Crippen LogP contribution < -0.4 is 10.6 Å². The second-order valence-electron chi connectivity index (χ2n) is 4.95. The molecule has 0 radical (unpaired) electrons. The zero-order chi connectivity index (χ0) is 14.3. The lowest BCUT2D eigenvalue weighted by atomic mass is 10.1. The fraction of sp³-hybridized carbons (Fsp3) is 0.643. The standard InChI is InChI=1S/C14H25N3OS/c1-5-15-9-11(2)14(18)16-10-12(17(3)4)13-7-6-8-19-13/h6-8,11-12,15H,5,9-10H2,1-4H3,(H,16,18). The molecule has 1 rings (SSSR count). The van der Waals surface area contributed by atoms with Gasteiger partial charge in [-0.25, -0.2) is 0 Å². The van der Waals surface area contributed by atoms with E-state index < -0.39 is 0 Å². The van der Waals surface area contributed by atoms with Crippen molar-refractivity contribution in [1.29, 1.82) is 0 Å². The van der Waals surface area contributed by atoms with Crippen LogP contribution in [0, 0.1) is 5.92 Å². The van der Waals surface area contributed by atoms with Crippen LogP contribution in [-0.2, 0) is 4.79 Å². The molecule has 1 heterocycles. The molecule has 0 aliphatic carbocycles. The van der Waals surface area contributed by atoms with E-state index in [0.717, 1.165) is 13.1 Å². The lowest BCUT2D eigenvalue weighted by Gasteiger charge is -2.24. The first kappa shape index (κ1) is 16.1. The quantitative estimate of drug-likeness (QED) is 0.763. The van der Waals surface area contributed by atoms with Gasteiger partial charge in [0.2, 0.25) is 5.91 Å². The van der Waals surface area contributed by atoms with Gasteiger partial charge in [0, 0.05) is 23.9 Å². The molecule has 2 N–H and O–H groups in total. The van der Waals surface area contributed by atoms with E-state index in [1.54, 1.807) is 11.3 Å². The molecule has 0 bridgehead atoms. The second kappa shape index (κ2) is 8.30. The maximum absolute atomic E-state index is 12.0. The van der Waals surface area contributed by atoms with Crippen LogP contribution in [0.15, 0.2) is 17.5 Å². The van der Waals surface area contributed by atoms with Gasteiger partial charge in [-0.2, -0.15) is 0 Å². The molecule has 0 saturated heterocycles. The Hall–Kier alpha value is -0.910. The molecule has 1 aromatic rings. The number of carbonyl (C=O) groups is 1. The van der Waals surface area contributed by atoms with E-state index in [9.17, 15) is 4.79 Å². The number of thiophene rings is 1. The monoisotopic (exact) mass is 283 g/mol. The highest BCUT2D eigenvalue weighted by Crippen LogP contribution is 2.22. The van der Waals surface area contributed by atoms with Crippen molar-refractivity contribution in [3.05, 3.63) is 22.4 Å². The van der Waals surface area contributed by atoms with E-state index in [1.165, 1.54) is 4.88 Å². The van der Waals surface area contributed by atoms with Crippen LogP contribution in [0.3, 0.4) is 0 Å². The lowest BCUT2D eigenvalue weighted by Crippen LogP contribution is -2.39. The fourth-order valence-electron chi connectivity index (χ4n) is 1.84. The first-order valence-corrected chi connectivity index (χ1v) is 7.62. The summed E-state index contributed by atoms with van der Waals surface area (Å²) < 4.78 is 0. The summed E-state index contributed by atoms with van der Waals surface area (Å²) in [6.45, 7) is 6.28. The minimum atomic E-state index is 0.00565. The molecule has 2 atom stereocenters. The van der Waals surface area contributed by atoms with Gasteiger partial charge in [0.05, 0.1) is 6.04 Å². The van der Waals surface area contributed by atoms with Crippen molar-refractivity contribution in [2.24, 2.45) is 5.92 Å². The van der Waals surface area contributed by atoms with Gasteiger partial charge in [0.1, 0.15) is 0 Å². The molecule has 4 nitrogen and oxygen atoms in total. The molecule has 1 aromatic heterocycles. The Labute approximate surface area is 120 Å². The summed E-state index contributed by atoms with van der Waals surface area (Å²) in [7, 11) is 4.08. The number of likely N-dealkylation sites (N-methyl/N-ethyl adjacent to an activating group) is 1. The molecular weight excluding hydrogens is 258 g/mol. The largest absolute Gasteiger partial charge is 0.354 e. The van der Waals surface area contributed by atoms with Gasteiger partial charge in [0.15, 0.2) is 0 Å². The maximum atomic E-state index is 12.0. The van der Waals surface area contributed by atoms with Crippen LogP contribution in [0.2, 0.25) is 0 Å². The maximum Gasteiger partial charge on any atom is 0.224 e. The van der Waals surface area contributed by atoms with Gasteiger partial charge in [0.25, 0.3) is 0 Å². The fourth-order valence-corrected chi connectivity index (χ4v) is 2.77. The van der Waals surface area contributed by atoms with Crippen molar-refractivity contribution >= 4 is 17.2 Å². The van der Waals surface area contributed by atoms with E-state index >= 15 is 0 Å². The number of hydrogen-bond acceptors (Lipinski definition) is 4. The van der Waals surface area contributed by atoms with E-state index in [1.807, 2.05) is 34.0 Å². The van der Waals surface area contributed by atoms with Crippen molar-refractivity contribution in [2.45, 2.75) is 19.9 Å². The van der Waals surface area contributed by atoms with Gasteiger partial charge >= 0.3 is 0 Å². The van der Waals surface area contributed by atoms with Gasteiger partial charge < -0.3 is 15.5 Å². The third-order valence-electron chi connectivity index (χ3n) is 3.11. The number of nitrogens with zero attached hydrogens (tertiary/aromatic N) is 1. The predicted molar refractivity (Wildman–Crippen MR) is 81.5 cm³/mol. The molecule has 108 valence electrons. The first-order valence-electron chi connectivity index (χ1n) is 6.74. The minimum absolute atomic E-state index is 0.00565. The highest BCUT2D eigenvalue weighted by molar-refractivity contribution is 7.10. The van der Waals surface area contributed by atoms with Crippen LogP contribution in [-0.4, -0.2) is 44.5 Å². The highest BCUT2D eigenvalue weighted by Gasteiger charge is 2.18. The summed E-state index contributed by atoms with van der Waals surface area (Å²) in [6.07, 6.45) is 0. The molecule has 0 aliphatic heterocycles. The van der Waals surface area contributed by atoms with Gasteiger partial charge in [-0.3, -0.25) is 4.79 Å². The Morgan fingerprint density at radius 1 is 1.42 bits per heavy atom. The Morgan fingerprint density at radius 3 is 2.68 bits per heavy atom. The molecule has 5 heteroatoms. The average molecular weight is 283 g/mol. The molecule has 0 aromatic carbocycles. The molecule has 0 aliphatic rings. The molecule has 2 unspecified atom stereocenters. The molecule has 19 heavy (non-hydrogen) atoms. The number of nitrogens with one attached hydrogen (secondary N) is 2. The van der Waals surface area contributed by atoms with E-state index in [4.69, 9.17) is 0 Å². The van der Waals surface area contributed by atoms with Crippen molar-refractivity contribution < 1.29 is 4.79 Å². The Kier molecular flexibility index (Phi) is 7.05. The van der Waals surface area contributed by atoms with Gasteiger partial charge in [-0.15, -0.1) is 11.3 Å². The summed E-state index contributed by atoms with van der Waals surface area (Å²) >= 11 is 1.73. The summed E-state index contributed by atoms with van der Waals surface area (Å²) in [5.74, 6) is 0.121.